The van der Waals surface area contributed by atoms with Crippen LogP contribution in [0.1, 0.15) is 34.3 Å². The van der Waals surface area contributed by atoms with Crippen molar-refractivity contribution in [2.75, 3.05) is 0 Å². The molecule has 0 aliphatic carbocycles. The monoisotopic (exact) mass is 412 g/mol. The van der Waals surface area contributed by atoms with Crippen LogP contribution < -0.4 is 5.56 Å². The smallest absolute Gasteiger partial charge is 0.307 e. The molecule has 0 amide bonds. The number of carbonyl (C=O) groups is 2. The lowest BCUT2D eigenvalue weighted by Crippen LogP contribution is -2.21. The summed E-state index contributed by atoms with van der Waals surface area (Å²) in [5.74, 6) is -0.447. The summed E-state index contributed by atoms with van der Waals surface area (Å²) in [6.07, 6.45) is -0.869. The summed E-state index contributed by atoms with van der Waals surface area (Å²) in [5.41, 5.74) is 1.37. The number of Topliss-reactive ketones (excluding diaryl/α,β-unsaturated/α-hetero) is 1. The van der Waals surface area contributed by atoms with E-state index in [-0.39, 0.29) is 24.2 Å². The molecular weight excluding hydrogens is 392 g/mol. The predicted molar refractivity (Wildman–Crippen MR) is 117 cm³/mol. The molecule has 0 bridgehead atoms. The molecule has 0 spiro atoms. The standard InChI is InChI=1S/C25H20N2O4/c28-22(16-15-21-26-20-14-8-7-13-19(20)25(30)27-21)31-24(18-11-5-2-6-12-18)23(29)17-9-3-1-4-10-17/h1-14,24H,15-16H2,(H,26,27,30)/t24-/m1/s1. The number of benzene rings is 3. The van der Waals surface area contributed by atoms with Crippen molar-refractivity contribution in [1.29, 1.82) is 0 Å². The van der Waals surface area contributed by atoms with Gasteiger partial charge in [-0.1, -0.05) is 72.8 Å². The van der Waals surface area contributed by atoms with E-state index in [9.17, 15) is 14.4 Å². The van der Waals surface area contributed by atoms with Crippen LogP contribution in [0.15, 0.2) is 89.7 Å². The summed E-state index contributed by atoms with van der Waals surface area (Å²) in [5, 5.41) is 0.492. The highest BCUT2D eigenvalue weighted by Crippen LogP contribution is 2.23. The topological polar surface area (TPSA) is 89.1 Å². The van der Waals surface area contributed by atoms with Gasteiger partial charge in [0.15, 0.2) is 6.10 Å². The van der Waals surface area contributed by atoms with Gasteiger partial charge in [-0.2, -0.15) is 0 Å². The van der Waals surface area contributed by atoms with Gasteiger partial charge in [0.05, 0.1) is 17.3 Å². The molecule has 1 aromatic heterocycles. The van der Waals surface area contributed by atoms with Crippen LogP contribution in [0.25, 0.3) is 10.9 Å². The minimum atomic E-state index is -1.04. The number of nitrogens with zero attached hydrogens (tertiary/aromatic N) is 1. The van der Waals surface area contributed by atoms with E-state index in [1.165, 1.54) is 0 Å². The van der Waals surface area contributed by atoms with Crippen molar-refractivity contribution < 1.29 is 14.3 Å². The number of aromatic amines is 1. The third-order valence-electron chi connectivity index (χ3n) is 4.88. The van der Waals surface area contributed by atoms with E-state index in [0.29, 0.717) is 27.9 Å². The maximum Gasteiger partial charge on any atom is 0.307 e. The lowest BCUT2D eigenvalue weighted by Gasteiger charge is -2.17. The van der Waals surface area contributed by atoms with Crippen LogP contribution in [0.5, 0.6) is 0 Å². The Balaban J connectivity index is 1.50. The quantitative estimate of drug-likeness (QED) is 0.366. The molecule has 154 valence electrons. The minimum Gasteiger partial charge on any atom is -0.449 e. The molecule has 0 fully saturated rings. The number of carbonyl (C=O) groups excluding carboxylic acids is 2. The highest BCUT2D eigenvalue weighted by Gasteiger charge is 2.26. The average molecular weight is 412 g/mol. The predicted octanol–water partition coefficient (Wildman–Crippen LogP) is 4.02. The summed E-state index contributed by atoms with van der Waals surface area (Å²) in [4.78, 5) is 44.9. The number of para-hydroxylation sites is 1. The number of esters is 1. The van der Waals surface area contributed by atoms with Gasteiger partial charge in [-0.15, -0.1) is 0 Å². The zero-order valence-corrected chi connectivity index (χ0v) is 16.7. The molecule has 0 saturated carbocycles. The summed E-state index contributed by atoms with van der Waals surface area (Å²) >= 11 is 0. The van der Waals surface area contributed by atoms with Crippen molar-refractivity contribution in [2.24, 2.45) is 0 Å². The SMILES string of the molecule is O=C(CCc1nc2ccccc2c(=O)[nH]1)O[C@@H](C(=O)c1ccccc1)c1ccccc1. The van der Waals surface area contributed by atoms with E-state index in [4.69, 9.17) is 4.74 Å². The highest BCUT2D eigenvalue weighted by molar-refractivity contribution is 6.01. The Bertz CT molecular complexity index is 1270. The second kappa shape index (κ2) is 9.17. The zero-order chi connectivity index (χ0) is 21.6. The van der Waals surface area contributed by atoms with E-state index >= 15 is 0 Å². The molecule has 0 aliphatic heterocycles. The molecular formula is C25H20N2O4. The molecule has 3 aromatic carbocycles. The number of H-pyrrole nitrogens is 1. The van der Waals surface area contributed by atoms with Crippen molar-refractivity contribution >= 4 is 22.7 Å². The van der Waals surface area contributed by atoms with Crippen molar-refractivity contribution in [2.45, 2.75) is 18.9 Å². The lowest BCUT2D eigenvalue weighted by molar-refractivity contribution is -0.147. The second-order valence-electron chi connectivity index (χ2n) is 7.04. The Morgan fingerprint density at radius 3 is 2.26 bits per heavy atom. The Kier molecular flexibility index (Phi) is 5.98. The van der Waals surface area contributed by atoms with E-state index in [1.54, 1.807) is 72.8 Å². The maximum absolute atomic E-state index is 13.0. The van der Waals surface area contributed by atoms with Crippen molar-refractivity contribution in [3.63, 3.8) is 0 Å². The number of ketones is 1. The normalized spacial score (nSPS) is 11.7. The first-order valence-corrected chi connectivity index (χ1v) is 9.93. The largest absolute Gasteiger partial charge is 0.449 e. The van der Waals surface area contributed by atoms with Crippen LogP contribution >= 0.6 is 0 Å². The van der Waals surface area contributed by atoms with Crippen LogP contribution in [0.4, 0.5) is 0 Å². The Morgan fingerprint density at radius 1 is 0.871 bits per heavy atom. The molecule has 6 nitrogen and oxygen atoms in total. The van der Waals surface area contributed by atoms with E-state index in [1.807, 2.05) is 12.1 Å². The number of ether oxygens (including phenoxy) is 1. The zero-order valence-electron chi connectivity index (χ0n) is 16.7. The average Bonchev–Trinajstić information content (AvgIpc) is 2.82. The number of hydrogen-bond acceptors (Lipinski definition) is 5. The molecule has 1 N–H and O–H groups in total. The maximum atomic E-state index is 13.0. The number of aryl methyl sites for hydroxylation is 1. The number of aromatic nitrogens is 2. The molecule has 0 saturated heterocycles. The Hall–Kier alpha value is -4.06. The second-order valence-corrected chi connectivity index (χ2v) is 7.04. The summed E-state index contributed by atoms with van der Waals surface area (Å²) < 4.78 is 5.58. The number of hydrogen-bond donors (Lipinski definition) is 1. The number of nitrogens with one attached hydrogen (secondary N) is 1. The van der Waals surface area contributed by atoms with E-state index in [0.717, 1.165) is 0 Å². The van der Waals surface area contributed by atoms with Crippen molar-refractivity contribution in [3.8, 4) is 0 Å². The van der Waals surface area contributed by atoms with Gasteiger partial charge in [-0.3, -0.25) is 14.4 Å². The van der Waals surface area contributed by atoms with Gasteiger partial charge < -0.3 is 9.72 Å². The third-order valence-corrected chi connectivity index (χ3v) is 4.88. The van der Waals surface area contributed by atoms with E-state index in [2.05, 4.69) is 9.97 Å². The Labute approximate surface area is 178 Å². The van der Waals surface area contributed by atoms with Gasteiger partial charge in [0.25, 0.3) is 5.56 Å². The van der Waals surface area contributed by atoms with Gasteiger partial charge in [0, 0.05) is 17.5 Å². The van der Waals surface area contributed by atoms with Crippen LogP contribution in [0, 0.1) is 0 Å². The highest BCUT2D eigenvalue weighted by atomic mass is 16.5. The Morgan fingerprint density at radius 2 is 1.52 bits per heavy atom. The fourth-order valence-corrected chi connectivity index (χ4v) is 3.32. The first-order valence-electron chi connectivity index (χ1n) is 9.93. The first-order chi connectivity index (χ1) is 15.1. The summed E-state index contributed by atoms with van der Waals surface area (Å²) in [6.45, 7) is 0. The van der Waals surface area contributed by atoms with Gasteiger partial charge in [0.1, 0.15) is 5.82 Å². The lowest BCUT2D eigenvalue weighted by atomic mass is 10.00. The summed E-state index contributed by atoms with van der Waals surface area (Å²) in [7, 11) is 0. The van der Waals surface area contributed by atoms with Crippen LogP contribution in [-0.4, -0.2) is 21.7 Å². The third kappa shape index (κ3) is 4.75. The summed E-state index contributed by atoms with van der Waals surface area (Å²) in [6, 6.07) is 24.6. The van der Waals surface area contributed by atoms with Crippen molar-refractivity contribution in [1.82, 2.24) is 9.97 Å². The minimum absolute atomic E-state index is 0.0211. The van der Waals surface area contributed by atoms with E-state index < -0.39 is 12.1 Å². The van der Waals surface area contributed by atoms with Crippen molar-refractivity contribution in [3.05, 3.63) is 112 Å². The molecule has 31 heavy (non-hydrogen) atoms. The molecule has 4 aromatic rings. The van der Waals surface area contributed by atoms with Crippen LogP contribution in [0.2, 0.25) is 0 Å². The molecule has 1 heterocycles. The van der Waals surface area contributed by atoms with Gasteiger partial charge >= 0.3 is 5.97 Å². The fraction of sp³-hybridized carbons (Fsp3) is 0.120. The molecule has 0 aliphatic rings. The van der Waals surface area contributed by atoms with Gasteiger partial charge in [-0.25, -0.2) is 4.98 Å². The molecule has 6 heteroatoms. The molecule has 4 rings (SSSR count). The van der Waals surface area contributed by atoms with Crippen LogP contribution in [0.3, 0.4) is 0 Å². The fourth-order valence-electron chi connectivity index (χ4n) is 3.32. The molecule has 0 radical (unpaired) electrons. The number of fused-ring (bicyclic) bond motifs is 1. The molecule has 0 unspecified atom stereocenters. The van der Waals surface area contributed by atoms with Gasteiger partial charge in [-0.05, 0) is 12.1 Å². The first kappa shape index (κ1) is 20.2. The number of rotatable bonds is 7. The van der Waals surface area contributed by atoms with Gasteiger partial charge in [0.2, 0.25) is 5.78 Å². The molecule has 1 atom stereocenters. The van der Waals surface area contributed by atoms with Crippen LogP contribution in [-0.2, 0) is 16.0 Å².